The molecule has 0 aromatic heterocycles. The van der Waals surface area contributed by atoms with Gasteiger partial charge in [-0.15, -0.1) is 0 Å². The SMILES string of the molecule is CC(C)(C)OC=O.CC(C)C(N)N1CCCC1.NC1CCNC1. The van der Waals surface area contributed by atoms with Crippen LogP contribution in [0.2, 0.25) is 0 Å². The van der Waals surface area contributed by atoms with Gasteiger partial charge in [0.25, 0.3) is 6.47 Å². The van der Waals surface area contributed by atoms with Crippen LogP contribution in [0.25, 0.3) is 0 Å². The molecule has 2 heterocycles. The Bertz CT molecular complexity index is 293. The molecule has 2 saturated heterocycles. The number of hydrogen-bond donors (Lipinski definition) is 3. The van der Waals surface area contributed by atoms with Crippen molar-refractivity contribution in [3.8, 4) is 0 Å². The molecule has 0 bridgehead atoms. The van der Waals surface area contributed by atoms with Crippen LogP contribution in [0, 0.1) is 5.92 Å². The highest BCUT2D eigenvalue weighted by Crippen LogP contribution is 2.13. The highest BCUT2D eigenvalue weighted by atomic mass is 16.5. The second-order valence-corrected chi connectivity index (χ2v) is 7.56. The Balaban J connectivity index is 0.000000329. The van der Waals surface area contributed by atoms with Gasteiger partial charge in [0.05, 0.1) is 6.17 Å². The Morgan fingerprint density at radius 1 is 1.26 bits per heavy atom. The third-order valence-corrected chi connectivity index (χ3v) is 3.75. The summed E-state index contributed by atoms with van der Waals surface area (Å²) in [5, 5.41) is 3.15. The molecule has 2 fully saturated rings. The molecule has 0 aromatic rings. The lowest BCUT2D eigenvalue weighted by Gasteiger charge is -2.26. The van der Waals surface area contributed by atoms with Gasteiger partial charge in [0.2, 0.25) is 0 Å². The maximum atomic E-state index is 9.60. The van der Waals surface area contributed by atoms with Gasteiger partial charge in [0.1, 0.15) is 5.60 Å². The minimum atomic E-state index is -0.318. The molecule has 0 amide bonds. The van der Waals surface area contributed by atoms with Crippen LogP contribution < -0.4 is 16.8 Å². The lowest BCUT2D eigenvalue weighted by molar-refractivity contribution is -0.138. The van der Waals surface area contributed by atoms with Gasteiger partial charge in [0, 0.05) is 12.6 Å². The van der Waals surface area contributed by atoms with E-state index < -0.39 is 0 Å². The second kappa shape index (κ2) is 11.8. The molecule has 23 heavy (non-hydrogen) atoms. The summed E-state index contributed by atoms with van der Waals surface area (Å²) < 4.78 is 4.55. The first-order chi connectivity index (χ1) is 10.7. The predicted molar refractivity (Wildman–Crippen MR) is 96.0 cm³/mol. The van der Waals surface area contributed by atoms with Crippen LogP contribution in [0.15, 0.2) is 0 Å². The topological polar surface area (TPSA) is 93.6 Å². The highest BCUT2D eigenvalue weighted by Gasteiger charge is 2.20. The van der Waals surface area contributed by atoms with E-state index in [2.05, 4.69) is 28.8 Å². The van der Waals surface area contributed by atoms with Gasteiger partial charge >= 0.3 is 0 Å². The Labute approximate surface area is 142 Å². The van der Waals surface area contributed by atoms with E-state index in [4.69, 9.17) is 11.5 Å². The lowest BCUT2D eigenvalue weighted by atomic mass is 10.1. The summed E-state index contributed by atoms with van der Waals surface area (Å²) in [5.41, 5.74) is 11.1. The van der Waals surface area contributed by atoms with Crippen LogP contribution >= 0.6 is 0 Å². The minimum Gasteiger partial charge on any atom is -0.462 e. The number of nitrogens with one attached hydrogen (secondary N) is 1. The van der Waals surface area contributed by atoms with Gasteiger partial charge in [0.15, 0.2) is 0 Å². The van der Waals surface area contributed by atoms with Crippen molar-refractivity contribution in [3.05, 3.63) is 0 Å². The zero-order valence-electron chi connectivity index (χ0n) is 15.7. The third-order valence-electron chi connectivity index (χ3n) is 3.75. The van der Waals surface area contributed by atoms with Crippen molar-refractivity contribution >= 4 is 6.47 Å². The van der Waals surface area contributed by atoms with E-state index in [0.29, 0.717) is 24.6 Å². The molecule has 6 nitrogen and oxygen atoms in total. The highest BCUT2D eigenvalue weighted by molar-refractivity contribution is 5.37. The normalized spacial score (nSPS) is 22.7. The summed E-state index contributed by atoms with van der Waals surface area (Å²) >= 11 is 0. The largest absolute Gasteiger partial charge is 0.462 e. The van der Waals surface area contributed by atoms with Crippen molar-refractivity contribution in [1.29, 1.82) is 0 Å². The van der Waals surface area contributed by atoms with Crippen molar-refractivity contribution in [2.75, 3.05) is 26.2 Å². The van der Waals surface area contributed by atoms with Crippen molar-refractivity contribution in [1.82, 2.24) is 10.2 Å². The van der Waals surface area contributed by atoms with Crippen LogP contribution in [0.5, 0.6) is 0 Å². The van der Waals surface area contributed by atoms with Gasteiger partial charge in [-0.2, -0.15) is 0 Å². The van der Waals surface area contributed by atoms with E-state index >= 15 is 0 Å². The number of nitrogens with two attached hydrogens (primary N) is 2. The maximum Gasteiger partial charge on any atom is 0.293 e. The van der Waals surface area contributed by atoms with Crippen LogP contribution in [0.4, 0.5) is 0 Å². The van der Waals surface area contributed by atoms with Crippen LogP contribution in [0.3, 0.4) is 0 Å². The molecule has 0 aromatic carbocycles. The predicted octanol–water partition coefficient (Wildman–Crippen LogP) is 1.29. The molecule has 5 N–H and O–H groups in total. The third kappa shape index (κ3) is 12.4. The second-order valence-electron chi connectivity index (χ2n) is 7.56. The average molecular weight is 331 g/mol. The number of carbonyl (C=O) groups is 1. The van der Waals surface area contributed by atoms with Crippen LogP contribution in [0.1, 0.15) is 53.9 Å². The van der Waals surface area contributed by atoms with Gasteiger partial charge < -0.3 is 21.5 Å². The van der Waals surface area contributed by atoms with Gasteiger partial charge in [-0.1, -0.05) is 13.8 Å². The van der Waals surface area contributed by atoms with Crippen molar-refractivity contribution in [3.63, 3.8) is 0 Å². The number of ether oxygens (including phenoxy) is 1. The summed E-state index contributed by atoms with van der Waals surface area (Å²) in [6.45, 7) is 14.8. The first kappa shape index (κ1) is 22.3. The van der Waals surface area contributed by atoms with E-state index in [9.17, 15) is 4.79 Å². The Kier molecular flexibility index (Phi) is 11.4. The molecule has 0 saturated carbocycles. The van der Waals surface area contributed by atoms with Gasteiger partial charge in [-0.3, -0.25) is 9.69 Å². The molecule has 0 aliphatic carbocycles. The molecule has 0 radical (unpaired) electrons. The van der Waals surface area contributed by atoms with E-state index in [1.165, 1.54) is 25.9 Å². The molecular formula is C17H38N4O2. The molecule has 2 rings (SSSR count). The summed E-state index contributed by atoms with van der Waals surface area (Å²) in [4.78, 5) is 12.0. The zero-order valence-corrected chi connectivity index (χ0v) is 15.7. The number of carbonyl (C=O) groups excluding carboxylic acids is 1. The van der Waals surface area contributed by atoms with Crippen LogP contribution in [-0.4, -0.2) is 55.4 Å². The quantitative estimate of drug-likeness (QED) is 0.675. The Hall–Kier alpha value is -0.690. The van der Waals surface area contributed by atoms with E-state index in [1.54, 1.807) is 0 Å². The van der Waals surface area contributed by atoms with Gasteiger partial charge in [-0.05, 0) is 65.6 Å². The fourth-order valence-corrected chi connectivity index (χ4v) is 2.28. The fraction of sp³-hybridized carbons (Fsp3) is 0.941. The number of hydrogen-bond acceptors (Lipinski definition) is 6. The molecule has 2 aliphatic rings. The van der Waals surface area contributed by atoms with Crippen LogP contribution in [-0.2, 0) is 9.53 Å². The molecule has 138 valence electrons. The smallest absolute Gasteiger partial charge is 0.293 e. The van der Waals surface area contributed by atoms with E-state index in [0.717, 1.165) is 19.5 Å². The van der Waals surface area contributed by atoms with E-state index in [-0.39, 0.29) is 5.60 Å². The minimum absolute atomic E-state index is 0.294. The molecule has 2 aliphatic heterocycles. The molecule has 0 spiro atoms. The Morgan fingerprint density at radius 2 is 1.83 bits per heavy atom. The van der Waals surface area contributed by atoms with Crippen molar-refractivity contribution in [2.24, 2.45) is 17.4 Å². The van der Waals surface area contributed by atoms with E-state index in [1.807, 2.05) is 20.8 Å². The maximum absolute atomic E-state index is 9.60. The van der Waals surface area contributed by atoms with Gasteiger partial charge in [-0.25, -0.2) is 0 Å². The first-order valence-electron chi connectivity index (χ1n) is 8.74. The average Bonchev–Trinajstić information content (AvgIpc) is 3.10. The Morgan fingerprint density at radius 3 is 2.04 bits per heavy atom. The summed E-state index contributed by atoms with van der Waals surface area (Å²) in [5.74, 6) is 0.595. The van der Waals surface area contributed by atoms with Crippen molar-refractivity contribution < 1.29 is 9.53 Å². The first-order valence-corrected chi connectivity index (χ1v) is 8.74. The number of nitrogens with zero attached hydrogens (tertiary/aromatic N) is 1. The molecule has 2 atom stereocenters. The summed E-state index contributed by atoms with van der Waals surface area (Å²) in [7, 11) is 0. The summed E-state index contributed by atoms with van der Waals surface area (Å²) in [6, 6.07) is 0.435. The fourth-order valence-electron chi connectivity index (χ4n) is 2.28. The van der Waals surface area contributed by atoms with Crippen molar-refractivity contribution in [2.45, 2.75) is 71.7 Å². The summed E-state index contributed by atoms with van der Waals surface area (Å²) in [6.07, 6.45) is 4.11. The zero-order chi connectivity index (χ0) is 17.9. The molecular weight excluding hydrogens is 292 g/mol. The number of rotatable bonds is 3. The lowest BCUT2D eigenvalue weighted by Crippen LogP contribution is -2.43. The molecule has 6 heteroatoms. The molecule has 2 unspecified atom stereocenters. The standard InChI is InChI=1S/C8H18N2.C5H10O2.C4H10N2/c1-7(2)8(9)10-5-3-4-6-10;1-5(2,3)7-4-6;5-4-1-2-6-3-4/h7-8H,3-6,9H2,1-2H3;4H,1-3H3;4,6H,1-3,5H2. The number of likely N-dealkylation sites (tertiary alicyclic amines) is 1. The monoisotopic (exact) mass is 330 g/mol.